The van der Waals surface area contributed by atoms with Gasteiger partial charge in [0.2, 0.25) is 5.91 Å². The first kappa shape index (κ1) is 17.4. The quantitative estimate of drug-likeness (QED) is 0.752. The molecule has 1 rings (SSSR count). The molecule has 0 spiro atoms. The molecule has 0 radical (unpaired) electrons. The van der Waals surface area contributed by atoms with E-state index in [0.717, 1.165) is 0 Å². The molecule has 0 aliphatic rings. The highest BCUT2D eigenvalue weighted by molar-refractivity contribution is 5.78. The number of nitrogens with one attached hydrogen (secondary N) is 1. The van der Waals surface area contributed by atoms with Gasteiger partial charge < -0.3 is 15.2 Å². The third kappa shape index (κ3) is 7.06. The highest BCUT2D eigenvalue weighted by atomic mass is 19.1. The second-order valence-electron chi connectivity index (χ2n) is 5.31. The smallest absolute Gasteiger partial charge is 0.234 e. The lowest BCUT2D eigenvalue weighted by molar-refractivity contribution is -0.122. The number of rotatable bonds is 8. The van der Waals surface area contributed by atoms with Crippen LogP contribution in [0.25, 0.3) is 0 Å². The molecule has 5 nitrogen and oxygen atoms in total. The van der Waals surface area contributed by atoms with Gasteiger partial charge in [0.05, 0.1) is 6.54 Å². The van der Waals surface area contributed by atoms with Crippen molar-refractivity contribution in [3.63, 3.8) is 0 Å². The standard InChI is InChI=1S/C15H23FN2O3/c1-11(2)17-15(20)9-18(3)8-12(19)10-21-14-7-5-4-6-13(14)16/h4-7,11-12,19H,8-10H2,1-3H3,(H,17,20)/t12-/m1/s1. The molecule has 0 aliphatic heterocycles. The average molecular weight is 298 g/mol. The van der Waals surface area contributed by atoms with Crippen molar-refractivity contribution in [2.45, 2.75) is 26.0 Å². The number of aliphatic hydroxyl groups is 1. The van der Waals surface area contributed by atoms with Crippen LogP contribution in [-0.4, -0.2) is 54.8 Å². The van der Waals surface area contributed by atoms with Crippen LogP contribution in [0.5, 0.6) is 5.75 Å². The van der Waals surface area contributed by atoms with Crippen molar-refractivity contribution < 1.29 is 19.0 Å². The Labute approximate surface area is 124 Å². The van der Waals surface area contributed by atoms with Gasteiger partial charge in [0.25, 0.3) is 0 Å². The van der Waals surface area contributed by atoms with Gasteiger partial charge in [0.1, 0.15) is 12.7 Å². The lowest BCUT2D eigenvalue weighted by Crippen LogP contribution is -2.42. The number of halogens is 1. The van der Waals surface area contributed by atoms with Crippen LogP contribution in [0.1, 0.15) is 13.8 Å². The molecule has 0 heterocycles. The normalized spacial score (nSPS) is 12.5. The van der Waals surface area contributed by atoms with Crippen molar-refractivity contribution in [2.24, 2.45) is 0 Å². The minimum Gasteiger partial charge on any atom is -0.488 e. The largest absolute Gasteiger partial charge is 0.488 e. The van der Waals surface area contributed by atoms with Crippen LogP contribution in [-0.2, 0) is 4.79 Å². The van der Waals surface area contributed by atoms with Gasteiger partial charge in [-0.05, 0) is 33.0 Å². The molecule has 118 valence electrons. The summed E-state index contributed by atoms with van der Waals surface area (Å²) < 4.78 is 18.5. The molecule has 21 heavy (non-hydrogen) atoms. The summed E-state index contributed by atoms with van der Waals surface area (Å²) in [6.45, 7) is 4.19. The van der Waals surface area contributed by atoms with Gasteiger partial charge >= 0.3 is 0 Å². The first-order valence-corrected chi connectivity index (χ1v) is 6.91. The first-order valence-electron chi connectivity index (χ1n) is 6.91. The van der Waals surface area contributed by atoms with Crippen molar-refractivity contribution >= 4 is 5.91 Å². The van der Waals surface area contributed by atoms with Gasteiger partial charge in [-0.15, -0.1) is 0 Å². The Kier molecular flexibility index (Phi) is 7.11. The van der Waals surface area contributed by atoms with Gasteiger partial charge in [-0.25, -0.2) is 4.39 Å². The SMILES string of the molecule is CC(C)NC(=O)CN(C)C[C@@H](O)COc1ccccc1F. The average Bonchev–Trinajstić information content (AvgIpc) is 2.36. The van der Waals surface area contributed by atoms with Crippen LogP contribution in [0.4, 0.5) is 4.39 Å². The zero-order chi connectivity index (χ0) is 15.8. The highest BCUT2D eigenvalue weighted by Gasteiger charge is 2.13. The molecule has 1 amide bonds. The fourth-order valence-electron chi connectivity index (χ4n) is 1.84. The number of hydrogen-bond acceptors (Lipinski definition) is 4. The Balaban J connectivity index is 2.31. The summed E-state index contributed by atoms with van der Waals surface area (Å²) in [5.41, 5.74) is 0. The van der Waals surface area contributed by atoms with E-state index in [1.807, 2.05) is 13.8 Å². The zero-order valence-electron chi connectivity index (χ0n) is 12.7. The summed E-state index contributed by atoms with van der Waals surface area (Å²) in [5.74, 6) is -0.458. The minimum atomic E-state index is -0.804. The van der Waals surface area contributed by atoms with Gasteiger partial charge in [-0.3, -0.25) is 9.69 Å². The Bertz CT molecular complexity index is 454. The van der Waals surface area contributed by atoms with Gasteiger partial charge in [-0.1, -0.05) is 12.1 Å². The highest BCUT2D eigenvalue weighted by Crippen LogP contribution is 2.15. The number of carbonyl (C=O) groups excluding carboxylic acids is 1. The lowest BCUT2D eigenvalue weighted by Gasteiger charge is -2.21. The van der Waals surface area contributed by atoms with Crippen molar-refractivity contribution in [1.82, 2.24) is 10.2 Å². The molecular weight excluding hydrogens is 275 g/mol. The number of hydrogen-bond donors (Lipinski definition) is 2. The number of para-hydroxylation sites is 1. The zero-order valence-corrected chi connectivity index (χ0v) is 12.7. The molecule has 0 unspecified atom stereocenters. The number of ether oxygens (including phenoxy) is 1. The molecule has 0 saturated carbocycles. The summed E-state index contributed by atoms with van der Waals surface area (Å²) in [4.78, 5) is 13.2. The van der Waals surface area contributed by atoms with E-state index in [0.29, 0.717) is 0 Å². The van der Waals surface area contributed by atoms with Crippen LogP contribution in [0.3, 0.4) is 0 Å². The van der Waals surface area contributed by atoms with Crippen LogP contribution >= 0.6 is 0 Å². The monoisotopic (exact) mass is 298 g/mol. The number of likely N-dealkylation sites (N-methyl/N-ethyl adjacent to an activating group) is 1. The molecule has 0 aromatic heterocycles. The number of benzene rings is 1. The van der Waals surface area contributed by atoms with Crippen molar-refractivity contribution in [3.05, 3.63) is 30.1 Å². The van der Waals surface area contributed by atoms with Gasteiger partial charge in [0.15, 0.2) is 11.6 Å². The molecule has 2 N–H and O–H groups in total. The van der Waals surface area contributed by atoms with E-state index in [2.05, 4.69) is 5.32 Å². The summed E-state index contributed by atoms with van der Waals surface area (Å²) in [6, 6.07) is 6.11. The van der Waals surface area contributed by atoms with E-state index in [1.54, 1.807) is 24.1 Å². The fourth-order valence-corrected chi connectivity index (χ4v) is 1.84. The molecule has 0 fully saturated rings. The van der Waals surface area contributed by atoms with Crippen molar-refractivity contribution in [1.29, 1.82) is 0 Å². The molecule has 1 aromatic rings. The van der Waals surface area contributed by atoms with E-state index in [-0.39, 0.29) is 37.4 Å². The maximum absolute atomic E-state index is 13.3. The molecule has 6 heteroatoms. The van der Waals surface area contributed by atoms with E-state index in [1.165, 1.54) is 12.1 Å². The molecule has 0 aliphatic carbocycles. The Hall–Kier alpha value is -1.66. The topological polar surface area (TPSA) is 61.8 Å². The maximum Gasteiger partial charge on any atom is 0.234 e. The second kappa shape index (κ2) is 8.59. The van der Waals surface area contributed by atoms with E-state index in [4.69, 9.17) is 4.74 Å². The fraction of sp³-hybridized carbons (Fsp3) is 0.533. The number of amides is 1. The predicted molar refractivity (Wildman–Crippen MR) is 78.7 cm³/mol. The van der Waals surface area contributed by atoms with E-state index in [9.17, 15) is 14.3 Å². The molecular formula is C15H23FN2O3. The summed E-state index contributed by atoms with van der Waals surface area (Å²) >= 11 is 0. The van der Waals surface area contributed by atoms with Gasteiger partial charge in [0, 0.05) is 12.6 Å². The predicted octanol–water partition coefficient (Wildman–Crippen LogP) is 1.02. The molecule has 1 atom stereocenters. The number of carbonyl (C=O) groups is 1. The van der Waals surface area contributed by atoms with E-state index >= 15 is 0 Å². The first-order chi connectivity index (χ1) is 9.88. The third-order valence-corrected chi connectivity index (χ3v) is 2.65. The Morgan fingerprint density at radius 2 is 2.10 bits per heavy atom. The second-order valence-corrected chi connectivity index (χ2v) is 5.31. The lowest BCUT2D eigenvalue weighted by atomic mass is 10.3. The van der Waals surface area contributed by atoms with Gasteiger partial charge in [-0.2, -0.15) is 0 Å². The van der Waals surface area contributed by atoms with Crippen molar-refractivity contribution in [3.8, 4) is 5.75 Å². The molecule has 1 aromatic carbocycles. The maximum atomic E-state index is 13.3. The summed E-state index contributed by atoms with van der Waals surface area (Å²) in [5, 5.41) is 12.6. The van der Waals surface area contributed by atoms with Crippen LogP contribution in [0.15, 0.2) is 24.3 Å². The van der Waals surface area contributed by atoms with Crippen LogP contribution < -0.4 is 10.1 Å². The minimum absolute atomic E-state index is 0.0307. The number of nitrogens with zero attached hydrogens (tertiary/aromatic N) is 1. The summed E-state index contributed by atoms with van der Waals surface area (Å²) in [6.07, 6.45) is -0.804. The van der Waals surface area contributed by atoms with Crippen LogP contribution in [0.2, 0.25) is 0 Å². The third-order valence-electron chi connectivity index (χ3n) is 2.65. The molecule has 0 bridgehead atoms. The number of aliphatic hydroxyl groups excluding tert-OH is 1. The molecule has 0 saturated heterocycles. The van der Waals surface area contributed by atoms with Crippen molar-refractivity contribution in [2.75, 3.05) is 26.7 Å². The van der Waals surface area contributed by atoms with Crippen LogP contribution in [0, 0.1) is 5.82 Å². The summed E-state index contributed by atoms with van der Waals surface area (Å²) in [7, 11) is 1.73. The van der Waals surface area contributed by atoms with E-state index < -0.39 is 11.9 Å². The Morgan fingerprint density at radius 3 is 2.71 bits per heavy atom. The Morgan fingerprint density at radius 1 is 1.43 bits per heavy atom.